The number of aromatic nitrogens is 4. The number of carbonyl (C=O) groups is 1. The van der Waals surface area contributed by atoms with Crippen LogP contribution in [-0.4, -0.2) is 25.5 Å². The Morgan fingerprint density at radius 2 is 1.91 bits per heavy atom. The second-order valence-electron chi connectivity index (χ2n) is 8.49. The Labute approximate surface area is 206 Å². The monoisotopic (exact) mass is 487 g/mol. The number of nitrogens with zero attached hydrogens (tertiary/aromatic N) is 4. The fourth-order valence-corrected chi connectivity index (χ4v) is 3.78. The summed E-state index contributed by atoms with van der Waals surface area (Å²) in [4.78, 5) is 34.6. The maximum Gasteiger partial charge on any atom is 0.219 e. The van der Waals surface area contributed by atoms with Gasteiger partial charge >= 0.3 is 0 Å². The van der Waals surface area contributed by atoms with E-state index in [2.05, 4.69) is 15.1 Å². The molecule has 1 aromatic carbocycles. The minimum absolute atomic E-state index is 0.0620. The quantitative estimate of drug-likeness (QED) is 0.372. The molecule has 5 rings (SSSR count). The first kappa shape index (κ1) is 22.7. The number of rotatable bonds is 7. The van der Waals surface area contributed by atoms with Crippen LogP contribution in [0, 0.1) is 6.92 Å². The first-order valence-corrected chi connectivity index (χ1v) is 11.5. The van der Waals surface area contributed by atoms with Crippen LogP contribution in [0.1, 0.15) is 40.6 Å². The number of ketones is 1. The van der Waals surface area contributed by atoms with Gasteiger partial charge in [-0.3, -0.25) is 19.3 Å². The summed E-state index contributed by atoms with van der Waals surface area (Å²) in [5, 5.41) is 4.60. The Bertz CT molecular complexity index is 1460. The maximum atomic E-state index is 13.2. The number of halogens is 1. The van der Waals surface area contributed by atoms with Crippen LogP contribution in [0.5, 0.6) is 11.5 Å². The molecule has 1 fully saturated rings. The summed E-state index contributed by atoms with van der Waals surface area (Å²) in [6, 6.07) is 12.8. The molecular formula is C26H22ClN5O3. The third kappa shape index (κ3) is 4.93. The lowest BCUT2D eigenvalue weighted by molar-refractivity contribution is 0.0983. The van der Waals surface area contributed by atoms with Crippen molar-refractivity contribution in [3.8, 4) is 22.6 Å². The summed E-state index contributed by atoms with van der Waals surface area (Å²) in [5.74, 6) is 0.549. The van der Waals surface area contributed by atoms with Gasteiger partial charge in [0.2, 0.25) is 5.43 Å². The van der Waals surface area contributed by atoms with Crippen LogP contribution >= 0.6 is 11.6 Å². The second kappa shape index (κ2) is 9.31. The average molecular weight is 488 g/mol. The predicted octanol–water partition coefficient (Wildman–Crippen LogP) is 4.80. The summed E-state index contributed by atoms with van der Waals surface area (Å²) < 4.78 is 7.46. The number of aryl methyl sites for hydroxylation is 1. The van der Waals surface area contributed by atoms with Crippen molar-refractivity contribution in [2.75, 3.05) is 5.73 Å². The molecule has 0 aliphatic heterocycles. The number of pyridine rings is 2. The van der Waals surface area contributed by atoms with Crippen molar-refractivity contribution in [2.24, 2.45) is 0 Å². The number of hydrogen-bond acceptors (Lipinski definition) is 7. The highest BCUT2D eigenvalue weighted by Gasteiger charge is 2.27. The number of hydrogen-bond donors (Lipinski definition) is 1. The molecule has 0 unspecified atom stereocenters. The van der Waals surface area contributed by atoms with Gasteiger partial charge < -0.3 is 10.5 Å². The summed E-state index contributed by atoms with van der Waals surface area (Å²) in [6.45, 7) is 1.98. The molecule has 0 amide bonds. The zero-order chi connectivity index (χ0) is 24.5. The SMILES string of the molecule is Cc1ccc(-c2cn(C3CC3)nc(C(=O)Cc3ccc(Oc4ccnc(N)c4Cl)cn3)c2=O)cc1. The van der Waals surface area contributed by atoms with Crippen LogP contribution < -0.4 is 15.9 Å². The van der Waals surface area contributed by atoms with E-state index < -0.39 is 0 Å². The van der Waals surface area contributed by atoms with Crippen molar-refractivity contribution in [1.82, 2.24) is 19.7 Å². The van der Waals surface area contributed by atoms with Crippen LogP contribution in [0.25, 0.3) is 11.1 Å². The fourth-order valence-electron chi connectivity index (χ4n) is 3.63. The van der Waals surface area contributed by atoms with Gasteiger partial charge in [-0.2, -0.15) is 5.10 Å². The number of nitrogens with two attached hydrogens (primary N) is 1. The zero-order valence-corrected chi connectivity index (χ0v) is 19.7. The molecule has 0 radical (unpaired) electrons. The van der Waals surface area contributed by atoms with E-state index >= 15 is 0 Å². The standard InChI is InChI=1S/C26H22ClN5O3/c1-15-2-4-16(5-3-15)20-14-32(18-7-8-18)31-24(25(20)34)21(33)12-17-6-9-19(13-30-17)35-22-10-11-29-26(28)23(22)27/h2-6,9-11,13-14,18H,7-8,12H2,1H3,(H2,28,29). The molecule has 1 aliphatic carbocycles. The summed E-state index contributed by atoms with van der Waals surface area (Å²) in [5.41, 5.74) is 8.07. The van der Waals surface area contributed by atoms with Gasteiger partial charge in [-0.1, -0.05) is 41.4 Å². The highest BCUT2D eigenvalue weighted by molar-refractivity contribution is 6.34. The fraction of sp³-hybridized carbons (Fsp3) is 0.192. The molecule has 176 valence electrons. The van der Waals surface area contributed by atoms with E-state index in [1.165, 1.54) is 12.4 Å². The smallest absolute Gasteiger partial charge is 0.219 e. The molecule has 0 spiro atoms. The number of Topliss-reactive ketones (excluding diaryl/α,β-unsaturated/α-hetero) is 1. The molecule has 3 heterocycles. The van der Waals surface area contributed by atoms with Crippen molar-refractivity contribution in [3.05, 3.63) is 93.3 Å². The minimum atomic E-state index is -0.385. The van der Waals surface area contributed by atoms with Crippen LogP contribution in [0.3, 0.4) is 0 Å². The van der Waals surface area contributed by atoms with E-state index in [0.717, 1.165) is 24.0 Å². The van der Waals surface area contributed by atoms with E-state index in [9.17, 15) is 9.59 Å². The highest BCUT2D eigenvalue weighted by atomic mass is 35.5. The van der Waals surface area contributed by atoms with Gasteiger partial charge in [0, 0.05) is 29.7 Å². The lowest BCUT2D eigenvalue weighted by Crippen LogP contribution is -2.24. The summed E-state index contributed by atoms with van der Waals surface area (Å²) >= 11 is 6.11. The molecule has 1 saturated carbocycles. The Morgan fingerprint density at radius 3 is 2.60 bits per heavy atom. The first-order chi connectivity index (χ1) is 16.9. The Balaban J connectivity index is 1.39. The number of carbonyl (C=O) groups excluding carboxylic acids is 1. The second-order valence-corrected chi connectivity index (χ2v) is 8.87. The maximum absolute atomic E-state index is 13.2. The molecule has 0 bridgehead atoms. The molecule has 35 heavy (non-hydrogen) atoms. The summed E-state index contributed by atoms with van der Waals surface area (Å²) in [6.07, 6.45) is 6.62. The van der Waals surface area contributed by atoms with Gasteiger partial charge in [0.1, 0.15) is 16.6 Å². The lowest BCUT2D eigenvalue weighted by Gasteiger charge is -2.11. The lowest BCUT2D eigenvalue weighted by atomic mass is 10.0. The van der Waals surface area contributed by atoms with Crippen molar-refractivity contribution < 1.29 is 9.53 Å². The van der Waals surface area contributed by atoms with Crippen LogP contribution in [0.2, 0.25) is 5.02 Å². The molecule has 3 aromatic heterocycles. The van der Waals surface area contributed by atoms with Crippen LogP contribution in [0.4, 0.5) is 5.82 Å². The van der Waals surface area contributed by atoms with Crippen molar-refractivity contribution >= 4 is 23.2 Å². The Morgan fingerprint density at radius 1 is 1.14 bits per heavy atom. The zero-order valence-electron chi connectivity index (χ0n) is 18.9. The Hall–Kier alpha value is -4.04. The number of benzene rings is 1. The van der Waals surface area contributed by atoms with E-state index in [-0.39, 0.29) is 40.2 Å². The van der Waals surface area contributed by atoms with E-state index in [4.69, 9.17) is 22.1 Å². The molecular weight excluding hydrogens is 466 g/mol. The molecule has 1 aliphatic rings. The molecule has 9 heteroatoms. The van der Waals surface area contributed by atoms with Gasteiger partial charge in [-0.15, -0.1) is 0 Å². The number of nitrogen functional groups attached to an aromatic ring is 1. The van der Waals surface area contributed by atoms with Crippen molar-refractivity contribution in [1.29, 1.82) is 0 Å². The number of anilines is 1. The first-order valence-electron chi connectivity index (χ1n) is 11.2. The molecule has 8 nitrogen and oxygen atoms in total. The third-order valence-corrected chi connectivity index (χ3v) is 6.11. The average Bonchev–Trinajstić information content (AvgIpc) is 3.70. The van der Waals surface area contributed by atoms with Crippen LogP contribution in [0.15, 0.2) is 65.8 Å². The van der Waals surface area contributed by atoms with E-state index in [1.54, 1.807) is 29.1 Å². The normalized spacial score (nSPS) is 13.0. The summed E-state index contributed by atoms with van der Waals surface area (Å²) in [7, 11) is 0. The van der Waals surface area contributed by atoms with Crippen LogP contribution in [-0.2, 0) is 6.42 Å². The molecule has 0 saturated heterocycles. The van der Waals surface area contributed by atoms with Gasteiger partial charge in [0.25, 0.3) is 0 Å². The minimum Gasteiger partial charge on any atom is -0.454 e. The molecule has 2 N–H and O–H groups in total. The molecule has 4 aromatic rings. The van der Waals surface area contributed by atoms with Crippen molar-refractivity contribution in [2.45, 2.75) is 32.2 Å². The Kier molecular flexibility index (Phi) is 6.05. The van der Waals surface area contributed by atoms with Crippen molar-refractivity contribution in [3.63, 3.8) is 0 Å². The third-order valence-electron chi connectivity index (χ3n) is 5.73. The highest BCUT2D eigenvalue weighted by Crippen LogP contribution is 2.34. The van der Waals surface area contributed by atoms with E-state index in [0.29, 0.717) is 22.8 Å². The van der Waals surface area contributed by atoms with Gasteiger partial charge in [-0.25, -0.2) is 4.98 Å². The van der Waals surface area contributed by atoms with Gasteiger partial charge in [-0.05, 0) is 37.5 Å². The molecule has 0 atom stereocenters. The van der Waals surface area contributed by atoms with E-state index in [1.807, 2.05) is 31.2 Å². The predicted molar refractivity (Wildman–Crippen MR) is 133 cm³/mol. The van der Waals surface area contributed by atoms with Gasteiger partial charge in [0.15, 0.2) is 17.2 Å². The largest absolute Gasteiger partial charge is 0.454 e. The topological polar surface area (TPSA) is 113 Å². The van der Waals surface area contributed by atoms with Gasteiger partial charge in [0.05, 0.1) is 18.7 Å². The number of ether oxygens (including phenoxy) is 1.